The molecule has 3 aromatic rings. The summed E-state index contributed by atoms with van der Waals surface area (Å²) in [5, 5.41) is 3.46. The number of nitrogens with one attached hydrogen (secondary N) is 1. The Balaban J connectivity index is 1.67. The van der Waals surface area contributed by atoms with Crippen molar-refractivity contribution >= 4 is 11.2 Å². The molecule has 1 aliphatic rings. The second-order valence-corrected chi connectivity index (χ2v) is 7.22. The first-order chi connectivity index (χ1) is 12.2. The lowest BCUT2D eigenvalue weighted by molar-refractivity contribution is 0.365. The van der Waals surface area contributed by atoms with Gasteiger partial charge in [0.05, 0.1) is 0 Å². The van der Waals surface area contributed by atoms with E-state index in [0.717, 1.165) is 49.9 Å². The van der Waals surface area contributed by atoms with Crippen LogP contribution in [0.3, 0.4) is 0 Å². The fourth-order valence-electron chi connectivity index (χ4n) is 3.77. The molecular weight excluding hydrogens is 308 g/mol. The Labute approximate surface area is 149 Å². The Kier molecular flexibility index (Phi) is 4.53. The molecule has 130 valence electrons. The molecule has 25 heavy (non-hydrogen) atoms. The van der Waals surface area contributed by atoms with Gasteiger partial charge in [-0.1, -0.05) is 29.8 Å². The molecule has 3 heterocycles. The van der Waals surface area contributed by atoms with Crippen LogP contribution in [-0.2, 0) is 12.8 Å². The zero-order valence-electron chi connectivity index (χ0n) is 15.1. The van der Waals surface area contributed by atoms with Crippen molar-refractivity contribution in [3.05, 3.63) is 59.0 Å². The number of benzene rings is 1. The molecule has 1 fully saturated rings. The fraction of sp³-hybridized carbons (Fsp3) is 0.429. The van der Waals surface area contributed by atoms with Gasteiger partial charge < -0.3 is 9.88 Å². The van der Waals surface area contributed by atoms with Crippen LogP contribution in [-0.4, -0.2) is 27.6 Å². The van der Waals surface area contributed by atoms with Gasteiger partial charge in [0.15, 0.2) is 5.65 Å². The zero-order valence-corrected chi connectivity index (χ0v) is 15.1. The van der Waals surface area contributed by atoms with Crippen molar-refractivity contribution in [2.75, 3.05) is 13.1 Å². The first-order valence-corrected chi connectivity index (χ1v) is 9.30. The predicted octanol–water partition coefficient (Wildman–Crippen LogP) is 3.76. The van der Waals surface area contributed by atoms with E-state index in [1.54, 1.807) is 0 Å². The molecule has 0 unspecified atom stereocenters. The molecular formula is C21H26N4. The molecule has 0 bridgehead atoms. The van der Waals surface area contributed by atoms with E-state index in [9.17, 15) is 0 Å². The number of fused-ring (bicyclic) bond motifs is 1. The normalized spacial score (nSPS) is 15.8. The highest BCUT2D eigenvalue weighted by Crippen LogP contribution is 2.27. The quantitative estimate of drug-likeness (QED) is 0.790. The number of aromatic nitrogens is 3. The Bertz CT molecular complexity index is 857. The maximum Gasteiger partial charge on any atom is 0.160 e. The van der Waals surface area contributed by atoms with E-state index < -0.39 is 0 Å². The van der Waals surface area contributed by atoms with Crippen LogP contribution in [0.5, 0.6) is 0 Å². The van der Waals surface area contributed by atoms with Crippen molar-refractivity contribution in [1.82, 2.24) is 19.9 Å². The monoisotopic (exact) mass is 334 g/mol. The van der Waals surface area contributed by atoms with Gasteiger partial charge in [-0.3, -0.25) is 0 Å². The van der Waals surface area contributed by atoms with Crippen molar-refractivity contribution < 1.29 is 0 Å². The number of rotatable bonds is 4. The predicted molar refractivity (Wildman–Crippen MR) is 102 cm³/mol. The van der Waals surface area contributed by atoms with Gasteiger partial charge in [0, 0.05) is 18.7 Å². The highest BCUT2D eigenvalue weighted by atomic mass is 15.2. The number of hydrogen-bond acceptors (Lipinski definition) is 3. The largest absolute Gasteiger partial charge is 0.317 e. The second-order valence-electron chi connectivity index (χ2n) is 7.22. The van der Waals surface area contributed by atoms with Gasteiger partial charge in [-0.2, -0.15) is 0 Å². The van der Waals surface area contributed by atoms with Crippen LogP contribution in [0.1, 0.15) is 41.4 Å². The van der Waals surface area contributed by atoms with Crippen LogP contribution in [0.4, 0.5) is 0 Å². The van der Waals surface area contributed by atoms with Crippen LogP contribution >= 0.6 is 0 Å². The summed E-state index contributed by atoms with van der Waals surface area (Å²) in [6, 6.07) is 11.5. The summed E-state index contributed by atoms with van der Waals surface area (Å²) in [7, 11) is 0. The minimum atomic E-state index is 0.509. The third-order valence-corrected chi connectivity index (χ3v) is 5.17. The number of imidazole rings is 1. The zero-order chi connectivity index (χ0) is 17.2. The Morgan fingerprint density at radius 2 is 1.80 bits per heavy atom. The van der Waals surface area contributed by atoms with Gasteiger partial charge in [-0.05, 0) is 63.4 Å². The topological polar surface area (TPSA) is 42.7 Å². The van der Waals surface area contributed by atoms with Gasteiger partial charge in [-0.25, -0.2) is 9.97 Å². The number of nitrogens with zero attached hydrogens (tertiary/aromatic N) is 3. The third kappa shape index (κ3) is 3.45. The summed E-state index contributed by atoms with van der Waals surface area (Å²) < 4.78 is 2.42. The summed E-state index contributed by atoms with van der Waals surface area (Å²) in [6.07, 6.45) is 6.25. The molecule has 0 aliphatic carbocycles. The van der Waals surface area contributed by atoms with Crippen molar-refractivity contribution in [2.45, 2.75) is 45.6 Å². The molecule has 4 nitrogen and oxygen atoms in total. The Hall–Kier alpha value is -2.20. The van der Waals surface area contributed by atoms with Gasteiger partial charge in [0.1, 0.15) is 11.3 Å². The smallest absolute Gasteiger partial charge is 0.160 e. The Morgan fingerprint density at radius 1 is 1.04 bits per heavy atom. The Morgan fingerprint density at radius 3 is 2.56 bits per heavy atom. The summed E-state index contributed by atoms with van der Waals surface area (Å²) in [5.41, 5.74) is 5.95. The minimum Gasteiger partial charge on any atom is -0.317 e. The summed E-state index contributed by atoms with van der Waals surface area (Å²) >= 11 is 0. The highest BCUT2D eigenvalue weighted by molar-refractivity contribution is 5.72. The molecule has 0 amide bonds. The highest BCUT2D eigenvalue weighted by Gasteiger charge is 2.22. The van der Waals surface area contributed by atoms with Crippen LogP contribution in [0, 0.1) is 13.8 Å². The standard InChI is InChI=1S/C21H26N4/c1-15-3-5-17(6-4-15)7-8-20-24-19-13-16(2)14-23-21(19)25(20)18-9-11-22-12-10-18/h3-6,13-14,18,22H,7-12H2,1-2H3. The van der Waals surface area contributed by atoms with Crippen molar-refractivity contribution in [1.29, 1.82) is 0 Å². The minimum absolute atomic E-state index is 0.509. The van der Waals surface area contributed by atoms with Gasteiger partial charge in [0.2, 0.25) is 0 Å². The number of aryl methyl sites for hydroxylation is 4. The molecule has 1 aliphatic heterocycles. The molecule has 4 heteroatoms. The van der Waals surface area contributed by atoms with E-state index in [4.69, 9.17) is 9.97 Å². The summed E-state index contributed by atoms with van der Waals surface area (Å²) in [6.45, 7) is 6.37. The van der Waals surface area contributed by atoms with E-state index in [1.165, 1.54) is 22.5 Å². The summed E-state index contributed by atoms with van der Waals surface area (Å²) in [4.78, 5) is 9.68. The van der Waals surface area contributed by atoms with Crippen LogP contribution < -0.4 is 5.32 Å². The van der Waals surface area contributed by atoms with Gasteiger partial charge in [-0.15, -0.1) is 0 Å². The summed E-state index contributed by atoms with van der Waals surface area (Å²) in [5.74, 6) is 1.18. The average molecular weight is 334 g/mol. The lowest BCUT2D eigenvalue weighted by Gasteiger charge is -2.26. The number of piperidine rings is 1. The lowest BCUT2D eigenvalue weighted by Crippen LogP contribution is -2.30. The molecule has 1 aromatic carbocycles. The molecule has 0 radical (unpaired) electrons. The van der Waals surface area contributed by atoms with E-state index in [2.05, 4.69) is 54.1 Å². The van der Waals surface area contributed by atoms with Gasteiger partial charge >= 0.3 is 0 Å². The van der Waals surface area contributed by atoms with E-state index in [0.29, 0.717) is 6.04 Å². The molecule has 0 spiro atoms. The molecule has 1 N–H and O–H groups in total. The maximum absolute atomic E-state index is 4.96. The van der Waals surface area contributed by atoms with Crippen LogP contribution in [0.15, 0.2) is 36.5 Å². The van der Waals surface area contributed by atoms with Crippen LogP contribution in [0.25, 0.3) is 11.2 Å². The van der Waals surface area contributed by atoms with Gasteiger partial charge in [0.25, 0.3) is 0 Å². The second kappa shape index (κ2) is 6.96. The maximum atomic E-state index is 4.96. The molecule has 0 atom stereocenters. The van der Waals surface area contributed by atoms with Crippen molar-refractivity contribution in [2.24, 2.45) is 0 Å². The first kappa shape index (κ1) is 16.3. The van der Waals surface area contributed by atoms with E-state index >= 15 is 0 Å². The fourth-order valence-corrected chi connectivity index (χ4v) is 3.77. The van der Waals surface area contributed by atoms with E-state index in [-0.39, 0.29) is 0 Å². The average Bonchev–Trinajstić information content (AvgIpc) is 2.99. The molecule has 4 rings (SSSR count). The SMILES string of the molecule is Cc1ccc(CCc2nc3cc(C)cnc3n2C2CCNCC2)cc1. The van der Waals surface area contributed by atoms with E-state index in [1.807, 2.05) is 6.20 Å². The van der Waals surface area contributed by atoms with Crippen molar-refractivity contribution in [3.63, 3.8) is 0 Å². The number of hydrogen-bond donors (Lipinski definition) is 1. The third-order valence-electron chi connectivity index (χ3n) is 5.17. The number of pyridine rings is 1. The lowest BCUT2D eigenvalue weighted by atomic mass is 10.0. The molecule has 2 aromatic heterocycles. The first-order valence-electron chi connectivity index (χ1n) is 9.30. The molecule has 0 saturated carbocycles. The molecule has 1 saturated heterocycles. The van der Waals surface area contributed by atoms with Crippen molar-refractivity contribution in [3.8, 4) is 0 Å². The van der Waals surface area contributed by atoms with Crippen LogP contribution in [0.2, 0.25) is 0 Å².